The molecular formula is C20H14F2N2O4S. The molecule has 1 aliphatic rings. The molecule has 29 heavy (non-hydrogen) atoms. The minimum absolute atomic E-state index is 0.0121. The third-order valence-electron chi connectivity index (χ3n) is 4.65. The minimum Gasteiger partial charge on any atom is -0.508 e. The van der Waals surface area contributed by atoms with Crippen molar-refractivity contribution in [1.82, 2.24) is 4.98 Å². The molecule has 6 nitrogen and oxygen atoms in total. The Morgan fingerprint density at radius 3 is 2.55 bits per heavy atom. The molecule has 1 aliphatic heterocycles. The molecule has 0 aliphatic carbocycles. The number of phenolic OH excluding ortho intramolecular Hbond substituents is 1. The van der Waals surface area contributed by atoms with Crippen molar-refractivity contribution in [1.29, 1.82) is 0 Å². The Hall–Kier alpha value is -3.33. The van der Waals surface area contributed by atoms with E-state index in [0.717, 1.165) is 22.3 Å². The molecule has 1 aromatic heterocycles. The van der Waals surface area contributed by atoms with Gasteiger partial charge in [-0.2, -0.15) is 0 Å². The second-order valence-corrected chi connectivity index (χ2v) is 7.45. The van der Waals surface area contributed by atoms with Gasteiger partial charge in [0.2, 0.25) is 0 Å². The van der Waals surface area contributed by atoms with Crippen LogP contribution in [0.4, 0.5) is 13.9 Å². The van der Waals surface area contributed by atoms with Crippen molar-refractivity contribution in [3.05, 3.63) is 64.9 Å². The molecule has 1 atom stereocenters. The number of Topliss-reactive ketones (excluding diaryl/α,β-unsaturated/α-hetero) is 1. The highest BCUT2D eigenvalue weighted by atomic mass is 32.1. The lowest BCUT2D eigenvalue weighted by Crippen LogP contribution is -2.30. The Balaban J connectivity index is 1.91. The zero-order valence-corrected chi connectivity index (χ0v) is 15.8. The molecule has 9 heteroatoms. The molecule has 0 saturated heterocycles. The summed E-state index contributed by atoms with van der Waals surface area (Å²) in [6.07, 6.45) is 0.0504. The van der Waals surface area contributed by atoms with E-state index in [1.807, 2.05) is 0 Å². The van der Waals surface area contributed by atoms with E-state index in [1.54, 1.807) is 6.92 Å². The third-order valence-corrected chi connectivity index (χ3v) is 5.65. The first-order valence-electron chi connectivity index (χ1n) is 8.66. The van der Waals surface area contributed by atoms with E-state index < -0.39 is 35.1 Å². The summed E-state index contributed by atoms with van der Waals surface area (Å²) < 4.78 is 27.8. The number of nitrogens with zero attached hydrogens (tertiary/aromatic N) is 2. The number of phenols is 1. The van der Waals surface area contributed by atoms with E-state index in [4.69, 9.17) is 0 Å². The smallest absolute Gasteiger partial charge is 0.296 e. The fraction of sp³-hybridized carbons (Fsp3) is 0.150. The number of carbonyl (C=O) groups excluding carboxylic acids is 2. The number of fused-ring (bicyclic) bond motifs is 1. The number of aliphatic hydroxyl groups excluding tert-OH is 1. The van der Waals surface area contributed by atoms with E-state index in [2.05, 4.69) is 4.98 Å². The molecule has 0 spiro atoms. The van der Waals surface area contributed by atoms with Crippen LogP contribution in [0.5, 0.6) is 5.75 Å². The number of rotatable bonds is 4. The normalized spacial score (nSPS) is 16.9. The maximum Gasteiger partial charge on any atom is 0.296 e. The van der Waals surface area contributed by atoms with Crippen LogP contribution in [-0.4, -0.2) is 26.9 Å². The number of hydrogen-bond donors (Lipinski definition) is 2. The number of halogens is 2. The number of hydrogen-bond acceptors (Lipinski definition) is 6. The quantitative estimate of drug-likeness (QED) is 0.667. The fourth-order valence-electron chi connectivity index (χ4n) is 3.30. The summed E-state index contributed by atoms with van der Waals surface area (Å²) >= 11 is 0.867. The van der Waals surface area contributed by atoms with Crippen molar-refractivity contribution in [2.45, 2.75) is 19.4 Å². The van der Waals surface area contributed by atoms with Crippen molar-refractivity contribution in [3.8, 4) is 5.75 Å². The fourth-order valence-corrected chi connectivity index (χ4v) is 4.33. The first-order chi connectivity index (χ1) is 13.8. The molecule has 0 bridgehead atoms. The molecule has 3 aromatic rings. The van der Waals surface area contributed by atoms with Crippen molar-refractivity contribution in [3.63, 3.8) is 0 Å². The molecule has 2 heterocycles. The van der Waals surface area contributed by atoms with Gasteiger partial charge >= 0.3 is 0 Å². The van der Waals surface area contributed by atoms with Crippen LogP contribution in [0.15, 0.2) is 47.7 Å². The summed E-state index contributed by atoms with van der Waals surface area (Å²) in [4.78, 5) is 30.5. The van der Waals surface area contributed by atoms with Crippen molar-refractivity contribution < 1.29 is 28.6 Å². The van der Waals surface area contributed by atoms with Crippen molar-refractivity contribution >= 4 is 38.4 Å². The largest absolute Gasteiger partial charge is 0.508 e. The van der Waals surface area contributed by atoms with Gasteiger partial charge < -0.3 is 10.2 Å². The predicted molar refractivity (Wildman–Crippen MR) is 103 cm³/mol. The van der Waals surface area contributed by atoms with Gasteiger partial charge in [0, 0.05) is 12.5 Å². The van der Waals surface area contributed by atoms with Crippen LogP contribution in [0, 0.1) is 11.6 Å². The highest BCUT2D eigenvalue weighted by Gasteiger charge is 2.45. The molecule has 2 N–H and O–H groups in total. The van der Waals surface area contributed by atoms with E-state index in [0.29, 0.717) is 11.6 Å². The van der Waals surface area contributed by atoms with Gasteiger partial charge in [-0.05, 0) is 23.8 Å². The average molecular weight is 416 g/mol. The number of aromatic hydroxyl groups is 1. The average Bonchev–Trinajstić information content (AvgIpc) is 3.21. The molecular weight excluding hydrogens is 402 g/mol. The van der Waals surface area contributed by atoms with Gasteiger partial charge in [0.1, 0.15) is 17.1 Å². The topological polar surface area (TPSA) is 90.7 Å². The number of aromatic nitrogens is 1. The van der Waals surface area contributed by atoms with Crippen LogP contribution in [0.1, 0.15) is 24.9 Å². The molecule has 4 rings (SSSR count). The van der Waals surface area contributed by atoms with Gasteiger partial charge in [-0.3, -0.25) is 14.5 Å². The summed E-state index contributed by atoms with van der Waals surface area (Å²) in [5, 5.41) is 20.0. The zero-order valence-electron chi connectivity index (χ0n) is 15.0. The Bertz CT molecular complexity index is 1190. The van der Waals surface area contributed by atoms with Gasteiger partial charge in [0.05, 0.1) is 16.3 Å². The number of carbonyl (C=O) groups is 2. The van der Waals surface area contributed by atoms with Crippen molar-refractivity contribution in [2.24, 2.45) is 0 Å². The highest BCUT2D eigenvalue weighted by molar-refractivity contribution is 7.22. The van der Waals surface area contributed by atoms with Gasteiger partial charge in [-0.25, -0.2) is 13.8 Å². The molecule has 0 radical (unpaired) electrons. The Kier molecular flexibility index (Phi) is 4.54. The second-order valence-electron chi connectivity index (χ2n) is 6.44. The van der Waals surface area contributed by atoms with E-state index in [-0.39, 0.29) is 33.1 Å². The van der Waals surface area contributed by atoms with Gasteiger partial charge in [0.15, 0.2) is 22.5 Å². The van der Waals surface area contributed by atoms with E-state index in [1.165, 1.54) is 24.3 Å². The molecule has 2 aromatic carbocycles. The molecule has 0 fully saturated rings. The summed E-state index contributed by atoms with van der Waals surface area (Å²) in [7, 11) is 0. The Morgan fingerprint density at radius 2 is 1.90 bits per heavy atom. The molecule has 0 saturated carbocycles. The van der Waals surface area contributed by atoms with Gasteiger partial charge in [-0.1, -0.05) is 30.4 Å². The first-order valence-corrected chi connectivity index (χ1v) is 9.47. The number of aliphatic hydroxyl groups is 1. The van der Waals surface area contributed by atoms with Gasteiger partial charge in [-0.15, -0.1) is 0 Å². The van der Waals surface area contributed by atoms with E-state index in [9.17, 15) is 28.6 Å². The minimum atomic E-state index is -1.01. The lowest BCUT2D eigenvalue weighted by atomic mass is 9.95. The Morgan fingerprint density at radius 1 is 1.21 bits per heavy atom. The maximum atomic E-state index is 14.1. The summed E-state index contributed by atoms with van der Waals surface area (Å²) in [6, 6.07) is 6.57. The van der Waals surface area contributed by atoms with Crippen LogP contribution in [0.3, 0.4) is 0 Å². The number of benzene rings is 2. The van der Waals surface area contributed by atoms with Crippen LogP contribution >= 0.6 is 11.3 Å². The van der Waals surface area contributed by atoms with Crippen LogP contribution in [0.2, 0.25) is 0 Å². The molecule has 148 valence electrons. The highest BCUT2D eigenvalue weighted by Crippen LogP contribution is 2.44. The number of ketones is 1. The van der Waals surface area contributed by atoms with Crippen LogP contribution in [-0.2, 0) is 9.59 Å². The first kappa shape index (κ1) is 19.0. The summed E-state index contributed by atoms with van der Waals surface area (Å²) in [5.41, 5.74) is 0.232. The standard InChI is InChI=1S/C20H14F2N2O4S/c1-2-13(26)15-17(9-3-5-11(25)6-4-9)24(19(28)18(15)27)20-23-16-12(22)7-10(21)8-14(16)29-20/h3-8,17,25,27H,2H2,1H3. The third kappa shape index (κ3) is 3.03. The van der Waals surface area contributed by atoms with E-state index >= 15 is 0 Å². The number of thiazole rings is 1. The summed E-state index contributed by atoms with van der Waals surface area (Å²) in [6.45, 7) is 1.60. The zero-order chi connectivity index (χ0) is 20.9. The lowest BCUT2D eigenvalue weighted by Gasteiger charge is -2.24. The number of anilines is 1. The van der Waals surface area contributed by atoms with Gasteiger partial charge in [0.25, 0.3) is 5.91 Å². The lowest BCUT2D eigenvalue weighted by molar-refractivity contribution is -0.118. The SMILES string of the molecule is CCC(=O)C1=C(O)C(=O)N(c2nc3c(F)cc(F)cc3s2)C1c1ccc(O)cc1. The maximum absolute atomic E-state index is 14.1. The summed E-state index contributed by atoms with van der Waals surface area (Å²) in [5.74, 6) is -3.68. The second kappa shape index (κ2) is 6.93. The predicted octanol–water partition coefficient (Wildman–Crippen LogP) is 4.16. The monoisotopic (exact) mass is 416 g/mol. The number of amides is 1. The van der Waals surface area contributed by atoms with Crippen LogP contribution < -0.4 is 4.90 Å². The van der Waals surface area contributed by atoms with Crippen molar-refractivity contribution in [2.75, 3.05) is 4.90 Å². The molecule has 1 amide bonds. The molecule has 1 unspecified atom stereocenters. The Labute approximate surface area is 167 Å². The van der Waals surface area contributed by atoms with Crippen LogP contribution in [0.25, 0.3) is 10.2 Å².